The van der Waals surface area contributed by atoms with Crippen LogP contribution in [0.2, 0.25) is 0 Å². The number of rotatable bonds is 3. The number of benzene rings is 2. The molecular formula is C24H25N3O3S. The zero-order valence-corrected chi connectivity index (χ0v) is 18.3. The first-order valence-corrected chi connectivity index (χ1v) is 12.2. The number of hydrogen-bond acceptors (Lipinski definition) is 4. The van der Waals surface area contributed by atoms with E-state index in [0.717, 1.165) is 47.9 Å². The predicted octanol–water partition coefficient (Wildman–Crippen LogP) is 3.37. The van der Waals surface area contributed by atoms with E-state index in [4.69, 9.17) is 0 Å². The molecule has 0 radical (unpaired) electrons. The molecule has 0 bridgehead atoms. The quantitative estimate of drug-likeness (QED) is 0.684. The van der Waals surface area contributed by atoms with Crippen LogP contribution in [0.25, 0.3) is 11.3 Å². The van der Waals surface area contributed by atoms with Crippen LogP contribution in [0.1, 0.15) is 40.7 Å². The van der Waals surface area contributed by atoms with Crippen molar-refractivity contribution in [3.05, 3.63) is 80.6 Å². The van der Waals surface area contributed by atoms with Gasteiger partial charge in [-0.3, -0.25) is 4.79 Å². The van der Waals surface area contributed by atoms with Crippen molar-refractivity contribution in [1.29, 1.82) is 0 Å². The Morgan fingerprint density at radius 2 is 1.71 bits per heavy atom. The molecule has 2 aliphatic rings. The fourth-order valence-electron chi connectivity index (χ4n) is 4.74. The van der Waals surface area contributed by atoms with Gasteiger partial charge in [0.2, 0.25) is 10.0 Å². The lowest BCUT2D eigenvalue weighted by atomic mass is 9.90. The smallest absolute Gasteiger partial charge is 0.267 e. The average molecular weight is 436 g/mol. The minimum Gasteiger partial charge on any atom is -0.268 e. The molecule has 6 nitrogen and oxygen atoms in total. The molecule has 0 atom stereocenters. The second-order valence-electron chi connectivity index (χ2n) is 8.40. The molecule has 2 aromatic carbocycles. The Hall–Kier alpha value is -2.77. The van der Waals surface area contributed by atoms with Gasteiger partial charge in [-0.25, -0.2) is 13.5 Å². The van der Waals surface area contributed by atoms with Gasteiger partial charge < -0.3 is 0 Å². The summed E-state index contributed by atoms with van der Waals surface area (Å²) in [6.07, 6.45) is 4.24. The summed E-state index contributed by atoms with van der Waals surface area (Å²) in [5, 5.41) is 6.92. The van der Waals surface area contributed by atoms with Crippen molar-refractivity contribution in [2.24, 2.45) is 0 Å². The van der Waals surface area contributed by atoms with Crippen molar-refractivity contribution in [2.75, 3.05) is 6.54 Å². The summed E-state index contributed by atoms with van der Waals surface area (Å²) in [5.74, 6) is 0. The third-order valence-electron chi connectivity index (χ3n) is 6.47. The number of aromatic amines is 1. The fraction of sp³-hybridized carbons (Fsp3) is 0.333. The number of nitrogens with zero attached hydrogens (tertiary/aromatic N) is 2. The van der Waals surface area contributed by atoms with Crippen LogP contribution in [0, 0.1) is 6.92 Å². The lowest BCUT2D eigenvalue weighted by molar-refractivity contribution is 0.391. The van der Waals surface area contributed by atoms with Crippen LogP contribution >= 0.6 is 0 Å². The van der Waals surface area contributed by atoms with E-state index in [1.165, 1.54) is 5.56 Å². The Morgan fingerprint density at radius 1 is 0.968 bits per heavy atom. The summed E-state index contributed by atoms with van der Waals surface area (Å²) in [6.45, 7) is 2.67. The van der Waals surface area contributed by atoms with E-state index in [0.29, 0.717) is 35.7 Å². The monoisotopic (exact) mass is 435 g/mol. The molecule has 3 aromatic rings. The molecule has 0 fully saturated rings. The first-order valence-electron chi connectivity index (χ1n) is 10.7. The molecule has 0 amide bonds. The highest BCUT2D eigenvalue weighted by Crippen LogP contribution is 2.32. The second kappa shape index (κ2) is 7.73. The van der Waals surface area contributed by atoms with Gasteiger partial charge in [-0.2, -0.15) is 9.40 Å². The van der Waals surface area contributed by atoms with Crippen molar-refractivity contribution in [1.82, 2.24) is 14.5 Å². The van der Waals surface area contributed by atoms with E-state index in [1.807, 2.05) is 37.3 Å². The summed E-state index contributed by atoms with van der Waals surface area (Å²) >= 11 is 0. The molecular weight excluding hydrogens is 410 g/mol. The van der Waals surface area contributed by atoms with E-state index >= 15 is 0 Å². The van der Waals surface area contributed by atoms with Gasteiger partial charge in [-0.15, -0.1) is 0 Å². The highest BCUT2D eigenvalue weighted by molar-refractivity contribution is 7.89. The number of fused-ring (bicyclic) bond motifs is 2. The van der Waals surface area contributed by atoms with Crippen LogP contribution in [0.3, 0.4) is 0 Å². The van der Waals surface area contributed by atoms with Crippen LogP contribution in [-0.2, 0) is 35.8 Å². The zero-order chi connectivity index (χ0) is 21.6. The fourth-order valence-corrected chi connectivity index (χ4v) is 6.41. The van der Waals surface area contributed by atoms with Gasteiger partial charge in [0.15, 0.2) is 0 Å². The molecule has 31 heavy (non-hydrogen) atoms. The molecule has 7 heteroatoms. The Kier molecular flexibility index (Phi) is 5.02. The predicted molar refractivity (Wildman–Crippen MR) is 119 cm³/mol. The summed E-state index contributed by atoms with van der Waals surface area (Å²) in [5.41, 5.74) is 6.01. The van der Waals surface area contributed by atoms with Gasteiger partial charge in [0.25, 0.3) is 5.56 Å². The Bertz CT molecular complexity index is 1330. The van der Waals surface area contributed by atoms with Crippen molar-refractivity contribution in [2.45, 2.75) is 50.5 Å². The molecule has 0 saturated carbocycles. The largest absolute Gasteiger partial charge is 0.268 e. The first kappa shape index (κ1) is 20.2. The number of aromatic nitrogens is 2. The summed E-state index contributed by atoms with van der Waals surface area (Å²) < 4.78 is 28.8. The van der Waals surface area contributed by atoms with E-state index in [9.17, 15) is 13.2 Å². The highest BCUT2D eigenvalue weighted by atomic mass is 32.2. The van der Waals surface area contributed by atoms with Crippen molar-refractivity contribution >= 4 is 10.0 Å². The van der Waals surface area contributed by atoms with Crippen molar-refractivity contribution in [3.8, 4) is 11.3 Å². The number of nitrogens with one attached hydrogen (secondary N) is 1. The zero-order valence-electron chi connectivity index (χ0n) is 17.5. The average Bonchev–Trinajstić information content (AvgIpc) is 2.79. The van der Waals surface area contributed by atoms with Crippen molar-refractivity contribution in [3.63, 3.8) is 0 Å². The van der Waals surface area contributed by atoms with Crippen LogP contribution in [0.5, 0.6) is 0 Å². The lowest BCUT2D eigenvalue weighted by Crippen LogP contribution is -2.36. The maximum Gasteiger partial charge on any atom is 0.267 e. The Labute approximate surface area is 182 Å². The molecule has 1 aromatic heterocycles. The van der Waals surface area contributed by atoms with Crippen LogP contribution in [0.15, 0.2) is 52.2 Å². The van der Waals surface area contributed by atoms with Crippen LogP contribution in [0.4, 0.5) is 0 Å². The first-order chi connectivity index (χ1) is 14.9. The van der Waals surface area contributed by atoms with Gasteiger partial charge in [0, 0.05) is 24.2 Å². The van der Waals surface area contributed by atoms with E-state index in [-0.39, 0.29) is 5.56 Å². The highest BCUT2D eigenvalue weighted by Gasteiger charge is 2.30. The molecule has 1 N–H and O–H groups in total. The molecule has 2 heterocycles. The van der Waals surface area contributed by atoms with Gasteiger partial charge in [-0.05, 0) is 67.3 Å². The molecule has 0 saturated heterocycles. The van der Waals surface area contributed by atoms with Gasteiger partial charge in [0.05, 0.1) is 10.6 Å². The SMILES string of the molecule is Cc1ccc(-c2n[nH]c(=O)c3c2CCCC3)cc1S(=O)(=O)N1CCc2ccccc2C1. The third-order valence-corrected chi connectivity index (χ3v) is 8.46. The van der Waals surface area contributed by atoms with E-state index < -0.39 is 10.0 Å². The standard InChI is InChI=1S/C24H25N3O3S/c1-16-10-11-18(23-20-8-4-5-9-21(20)24(28)26-25-23)14-22(16)31(29,30)27-13-12-17-6-2-3-7-19(17)15-27/h2-3,6-7,10-11,14H,4-5,8-9,12-13,15H2,1H3,(H,26,28). The molecule has 5 rings (SSSR count). The van der Waals surface area contributed by atoms with Crippen LogP contribution in [-0.4, -0.2) is 29.5 Å². The van der Waals surface area contributed by atoms with Gasteiger partial charge >= 0.3 is 0 Å². The van der Waals surface area contributed by atoms with Crippen molar-refractivity contribution < 1.29 is 8.42 Å². The van der Waals surface area contributed by atoms with Gasteiger partial charge in [0.1, 0.15) is 0 Å². The molecule has 1 aliphatic heterocycles. The molecule has 160 valence electrons. The summed E-state index contributed by atoms with van der Waals surface area (Å²) in [7, 11) is -3.66. The lowest BCUT2D eigenvalue weighted by Gasteiger charge is -2.28. The van der Waals surface area contributed by atoms with E-state index in [2.05, 4.69) is 16.3 Å². The summed E-state index contributed by atoms with van der Waals surface area (Å²) in [6, 6.07) is 13.5. The minimum atomic E-state index is -3.66. The maximum atomic E-state index is 13.6. The van der Waals surface area contributed by atoms with E-state index in [1.54, 1.807) is 10.4 Å². The topological polar surface area (TPSA) is 83.1 Å². The Balaban J connectivity index is 1.56. The molecule has 0 unspecified atom stereocenters. The minimum absolute atomic E-state index is 0.134. The molecule has 0 spiro atoms. The third kappa shape index (κ3) is 3.51. The normalized spacial score (nSPS) is 16.5. The second-order valence-corrected chi connectivity index (χ2v) is 10.3. The number of hydrogen-bond donors (Lipinski definition) is 1. The number of sulfonamides is 1. The number of H-pyrrole nitrogens is 1. The maximum absolute atomic E-state index is 13.6. The van der Waals surface area contributed by atoms with Gasteiger partial charge in [-0.1, -0.05) is 36.4 Å². The summed E-state index contributed by atoms with van der Waals surface area (Å²) in [4.78, 5) is 12.5. The van der Waals surface area contributed by atoms with Crippen LogP contribution < -0.4 is 5.56 Å². The Morgan fingerprint density at radius 3 is 2.52 bits per heavy atom. The molecule has 1 aliphatic carbocycles. The number of aryl methyl sites for hydroxylation is 1.